The van der Waals surface area contributed by atoms with Crippen molar-refractivity contribution in [2.75, 3.05) is 20.2 Å². The minimum atomic E-state index is -3.59. The molecule has 1 fully saturated rings. The largest absolute Gasteiger partial charge is 0.497 e. The molecule has 7 heteroatoms. The molecular weight excluding hydrogens is 340 g/mol. The van der Waals surface area contributed by atoms with Gasteiger partial charge in [-0.3, -0.25) is 4.79 Å². The summed E-state index contributed by atoms with van der Waals surface area (Å²) in [6, 6.07) is 6.47. The summed E-state index contributed by atoms with van der Waals surface area (Å²) < 4.78 is 32.2. The molecule has 0 spiro atoms. The lowest BCUT2D eigenvalue weighted by molar-refractivity contribution is -0.126. The predicted octanol–water partition coefficient (Wildman–Crippen LogP) is 2.40. The van der Waals surface area contributed by atoms with Crippen LogP contribution in [-0.2, 0) is 14.8 Å². The maximum Gasteiger partial charge on any atom is 0.243 e. The highest BCUT2D eigenvalue weighted by Crippen LogP contribution is 2.25. The molecule has 1 aliphatic rings. The number of nitrogens with one attached hydrogen (secondary N) is 1. The summed E-state index contributed by atoms with van der Waals surface area (Å²) in [6.45, 7) is 4.74. The van der Waals surface area contributed by atoms with Crippen molar-refractivity contribution in [1.82, 2.24) is 9.62 Å². The first kappa shape index (κ1) is 19.7. The number of ether oxygens (including phenoxy) is 1. The molecule has 1 aromatic carbocycles. The van der Waals surface area contributed by atoms with Crippen molar-refractivity contribution in [1.29, 1.82) is 0 Å². The number of hydrogen-bond donors (Lipinski definition) is 1. The van der Waals surface area contributed by atoms with Gasteiger partial charge in [-0.2, -0.15) is 4.31 Å². The molecule has 6 nitrogen and oxygen atoms in total. The van der Waals surface area contributed by atoms with E-state index in [1.165, 1.54) is 11.4 Å². The van der Waals surface area contributed by atoms with Gasteiger partial charge >= 0.3 is 0 Å². The van der Waals surface area contributed by atoms with Gasteiger partial charge in [0.15, 0.2) is 0 Å². The van der Waals surface area contributed by atoms with Crippen molar-refractivity contribution in [3.05, 3.63) is 24.3 Å². The summed E-state index contributed by atoms with van der Waals surface area (Å²) in [5.74, 6) is 0.274. The quantitative estimate of drug-likeness (QED) is 0.802. The van der Waals surface area contributed by atoms with Gasteiger partial charge in [0.25, 0.3) is 0 Å². The molecule has 0 aliphatic carbocycles. The predicted molar refractivity (Wildman–Crippen MR) is 97.0 cm³/mol. The molecular formula is C18H28N2O4S. The molecule has 1 heterocycles. The van der Waals surface area contributed by atoms with Crippen LogP contribution in [0.4, 0.5) is 0 Å². The van der Waals surface area contributed by atoms with Crippen LogP contribution < -0.4 is 10.1 Å². The Morgan fingerprint density at radius 1 is 1.36 bits per heavy atom. The summed E-state index contributed by atoms with van der Waals surface area (Å²) in [5, 5.41) is 3.00. The first-order valence-corrected chi connectivity index (χ1v) is 10.3. The Morgan fingerprint density at radius 3 is 2.64 bits per heavy atom. The smallest absolute Gasteiger partial charge is 0.243 e. The van der Waals surface area contributed by atoms with E-state index < -0.39 is 10.0 Å². The van der Waals surface area contributed by atoms with Crippen LogP contribution in [0, 0.1) is 5.92 Å². The molecule has 0 unspecified atom stereocenters. The molecule has 1 saturated heterocycles. The van der Waals surface area contributed by atoms with Gasteiger partial charge in [-0.05, 0) is 50.5 Å². The Bertz CT molecular complexity index is 673. The van der Waals surface area contributed by atoms with E-state index >= 15 is 0 Å². The molecule has 2 atom stereocenters. The van der Waals surface area contributed by atoms with Crippen LogP contribution in [0.5, 0.6) is 5.75 Å². The third-order valence-corrected chi connectivity index (χ3v) is 6.44. The summed E-state index contributed by atoms with van der Waals surface area (Å²) in [4.78, 5) is 12.7. The SMILES string of the molecule is CCC[C@H](C)NC(=O)[C@@H]1CCCN(S(=O)(=O)c2ccc(OC)cc2)C1. The Hall–Kier alpha value is -1.60. The normalized spacial score (nSPS) is 20.0. The number of hydrogen-bond acceptors (Lipinski definition) is 4. The molecule has 0 bridgehead atoms. The number of amides is 1. The number of benzene rings is 1. The molecule has 1 aromatic rings. The molecule has 1 aliphatic heterocycles. The lowest BCUT2D eigenvalue weighted by Gasteiger charge is -2.31. The van der Waals surface area contributed by atoms with Gasteiger partial charge in [0.1, 0.15) is 5.75 Å². The van der Waals surface area contributed by atoms with E-state index in [1.54, 1.807) is 24.3 Å². The second-order valence-electron chi connectivity index (χ2n) is 6.58. The monoisotopic (exact) mass is 368 g/mol. The fraction of sp³-hybridized carbons (Fsp3) is 0.611. The van der Waals surface area contributed by atoms with E-state index in [0.717, 1.165) is 19.3 Å². The van der Waals surface area contributed by atoms with Crippen molar-refractivity contribution < 1.29 is 17.9 Å². The van der Waals surface area contributed by atoms with Crippen molar-refractivity contribution in [3.8, 4) is 5.75 Å². The molecule has 2 rings (SSSR count). The zero-order valence-electron chi connectivity index (χ0n) is 15.2. The van der Waals surface area contributed by atoms with Crippen LogP contribution in [0.25, 0.3) is 0 Å². The lowest BCUT2D eigenvalue weighted by atomic mass is 9.98. The van der Waals surface area contributed by atoms with Gasteiger partial charge in [-0.25, -0.2) is 8.42 Å². The Balaban J connectivity index is 2.07. The molecule has 0 saturated carbocycles. The van der Waals surface area contributed by atoms with Gasteiger partial charge in [-0.1, -0.05) is 13.3 Å². The third kappa shape index (κ3) is 4.95. The van der Waals surface area contributed by atoms with Crippen LogP contribution in [0.3, 0.4) is 0 Å². The zero-order chi connectivity index (χ0) is 18.4. The first-order valence-electron chi connectivity index (χ1n) is 8.83. The highest BCUT2D eigenvalue weighted by Gasteiger charge is 2.33. The summed E-state index contributed by atoms with van der Waals surface area (Å²) in [6.07, 6.45) is 3.34. The van der Waals surface area contributed by atoms with E-state index in [0.29, 0.717) is 18.7 Å². The average molecular weight is 368 g/mol. The second kappa shape index (κ2) is 8.67. The number of sulfonamides is 1. The number of methoxy groups -OCH3 is 1. The summed E-state index contributed by atoms with van der Waals surface area (Å²) >= 11 is 0. The molecule has 1 N–H and O–H groups in total. The van der Waals surface area contributed by atoms with Crippen LogP contribution >= 0.6 is 0 Å². The van der Waals surface area contributed by atoms with Crippen LogP contribution in [0.15, 0.2) is 29.2 Å². The van der Waals surface area contributed by atoms with E-state index in [2.05, 4.69) is 12.2 Å². The van der Waals surface area contributed by atoms with Crippen molar-refractivity contribution in [3.63, 3.8) is 0 Å². The third-order valence-electron chi connectivity index (χ3n) is 4.56. The topological polar surface area (TPSA) is 75.7 Å². The molecule has 25 heavy (non-hydrogen) atoms. The van der Waals surface area contributed by atoms with E-state index in [4.69, 9.17) is 4.74 Å². The van der Waals surface area contributed by atoms with Gasteiger partial charge in [0.05, 0.1) is 17.9 Å². The number of carbonyl (C=O) groups excluding carboxylic acids is 1. The molecule has 0 aromatic heterocycles. The van der Waals surface area contributed by atoms with Gasteiger partial charge in [0, 0.05) is 19.1 Å². The summed E-state index contributed by atoms with van der Waals surface area (Å²) in [7, 11) is -2.06. The van der Waals surface area contributed by atoms with Crippen molar-refractivity contribution >= 4 is 15.9 Å². The van der Waals surface area contributed by atoms with Crippen molar-refractivity contribution in [2.24, 2.45) is 5.92 Å². The maximum absolute atomic E-state index is 12.8. The fourth-order valence-corrected chi connectivity index (χ4v) is 4.66. The Morgan fingerprint density at radius 2 is 2.04 bits per heavy atom. The minimum absolute atomic E-state index is 0.0458. The lowest BCUT2D eigenvalue weighted by Crippen LogP contribution is -2.47. The zero-order valence-corrected chi connectivity index (χ0v) is 16.0. The Kier molecular flexibility index (Phi) is 6.84. The van der Waals surface area contributed by atoms with E-state index in [9.17, 15) is 13.2 Å². The van der Waals surface area contributed by atoms with Gasteiger partial charge < -0.3 is 10.1 Å². The molecule has 0 radical (unpaired) electrons. The highest BCUT2D eigenvalue weighted by atomic mass is 32.2. The van der Waals surface area contributed by atoms with Crippen molar-refractivity contribution in [2.45, 2.75) is 50.5 Å². The average Bonchev–Trinajstić information content (AvgIpc) is 2.62. The van der Waals surface area contributed by atoms with E-state index in [-0.39, 0.29) is 29.3 Å². The van der Waals surface area contributed by atoms with E-state index in [1.807, 2.05) is 6.92 Å². The fourth-order valence-electron chi connectivity index (χ4n) is 3.14. The first-order chi connectivity index (χ1) is 11.9. The van der Waals surface area contributed by atoms with Gasteiger partial charge in [0.2, 0.25) is 15.9 Å². The number of piperidine rings is 1. The Labute approximate surface area is 150 Å². The number of nitrogens with zero attached hydrogens (tertiary/aromatic N) is 1. The second-order valence-corrected chi connectivity index (χ2v) is 8.51. The van der Waals surface area contributed by atoms with Gasteiger partial charge in [-0.15, -0.1) is 0 Å². The molecule has 140 valence electrons. The minimum Gasteiger partial charge on any atom is -0.497 e. The van der Waals surface area contributed by atoms with Crippen LogP contribution in [0.2, 0.25) is 0 Å². The summed E-state index contributed by atoms with van der Waals surface area (Å²) in [5.41, 5.74) is 0. The number of rotatable bonds is 7. The standard InChI is InChI=1S/C18H28N2O4S/c1-4-6-14(2)19-18(21)15-7-5-12-20(13-15)25(22,23)17-10-8-16(24-3)9-11-17/h8-11,14-15H,4-7,12-13H2,1-3H3,(H,19,21)/t14-,15+/m0/s1. The number of carbonyl (C=O) groups is 1. The van der Waals surface area contributed by atoms with Crippen LogP contribution in [0.1, 0.15) is 39.5 Å². The maximum atomic E-state index is 12.8. The van der Waals surface area contributed by atoms with Crippen LogP contribution in [-0.4, -0.2) is 44.9 Å². The highest BCUT2D eigenvalue weighted by molar-refractivity contribution is 7.89. The molecule has 1 amide bonds.